The van der Waals surface area contributed by atoms with Crippen molar-refractivity contribution < 1.29 is 12.8 Å². The number of nitrogens with zero attached hydrogens (tertiary/aromatic N) is 3. The zero-order valence-corrected chi connectivity index (χ0v) is 23.9. The topological polar surface area (TPSA) is 91.2 Å². The Balaban J connectivity index is 2.00. The van der Waals surface area contributed by atoms with Crippen molar-refractivity contribution in [3.63, 3.8) is 0 Å². The smallest absolute Gasteiger partial charge is 0.251 e. The van der Waals surface area contributed by atoms with E-state index in [4.69, 9.17) is 27.6 Å². The molecule has 0 saturated heterocycles. The molecule has 0 radical (unpaired) electrons. The van der Waals surface area contributed by atoms with Gasteiger partial charge in [-0.15, -0.1) is 0 Å². The fraction of sp³-hybridized carbons (Fsp3) is 0.375. The molecule has 1 aromatic carbocycles. The fourth-order valence-electron chi connectivity index (χ4n) is 3.18. The van der Waals surface area contributed by atoms with Crippen LogP contribution in [0.2, 0.25) is 28.2 Å². The molecule has 1 atom stereocenters. The molecule has 0 bridgehead atoms. The normalized spacial score (nSPS) is 13.6. The second kappa shape index (κ2) is 10.1. The quantitative estimate of drug-likeness (QED) is 0.272. The molecule has 2 aromatic heterocycles. The second-order valence-corrected chi connectivity index (χ2v) is 17.5. The average Bonchev–Trinajstić information content (AvgIpc) is 2.72. The number of benzene rings is 1. The van der Waals surface area contributed by atoms with Gasteiger partial charge in [-0.25, -0.2) is 18.4 Å². The van der Waals surface area contributed by atoms with Gasteiger partial charge >= 0.3 is 0 Å². The average molecular weight is 555 g/mol. The summed E-state index contributed by atoms with van der Waals surface area (Å²) in [4.78, 5) is 21.0. The Bertz CT molecular complexity index is 1380. The summed E-state index contributed by atoms with van der Waals surface area (Å²) in [6, 6.07) is 9.96. The standard InChI is InChI=1S/C24H29Cl2N3O4SSi/c1-24(2,3)35(5,6)33-21(17-11-18(25)14-19(26)12-17)15-29-10-8-16(13-22(29)30)20-7-9-27-23(28-20)34(4,31)32/h7-14,21H,15H2,1-6H3/t21-/m0/s1. The first kappa shape index (κ1) is 27.5. The van der Waals surface area contributed by atoms with Crippen LogP contribution in [0.25, 0.3) is 11.3 Å². The number of rotatable bonds is 7. The molecule has 0 aliphatic heterocycles. The first-order valence-electron chi connectivity index (χ1n) is 10.9. The lowest BCUT2D eigenvalue weighted by Gasteiger charge is -2.39. The van der Waals surface area contributed by atoms with E-state index < -0.39 is 24.3 Å². The highest BCUT2D eigenvalue weighted by atomic mass is 35.5. The highest BCUT2D eigenvalue weighted by Gasteiger charge is 2.39. The van der Waals surface area contributed by atoms with Crippen LogP contribution in [0.4, 0.5) is 0 Å². The first-order valence-corrected chi connectivity index (χ1v) is 16.5. The third-order valence-corrected chi connectivity index (χ3v) is 11.9. The number of hydrogen-bond donors (Lipinski definition) is 0. The van der Waals surface area contributed by atoms with E-state index >= 15 is 0 Å². The molecule has 3 aromatic rings. The van der Waals surface area contributed by atoms with Gasteiger partial charge in [-0.3, -0.25) is 4.79 Å². The zero-order valence-electron chi connectivity index (χ0n) is 20.5. The maximum atomic E-state index is 13.1. The highest BCUT2D eigenvalue weighted by Crippen LogP contribution is 2.40. The molecule has 0 fully saturated rings. The maximum Gasteiger partial charge on any atom is 0.251 e. The zero-order chi connectivity index (χ0) is 26.2. The summed E-state index contributed by atoms with van der Waals surface area (Å²) in [6.07, 6.45) is 3.59. The first-order chi connectivity index (χ1) is 16.1. The number of sulfone groups is 1. The van der Waals surface area contributed by atoms with Crippen molar-refractivity contribution in [1.82, 2.24) is 14.5 Å². The van der Waals surface area contributed by atoms with Crippen LogP contribution in [0.5, 0.6) is 0 Å². The number of halogens is 2. The molecule has 2 heterocycles. The molecule has 0 aliphatic carbocycles. The molecule has 0 saturated carbocycles. The van der Waals surface area contributed by atoms with Crippen LogP contribution >= 0.6 is 23.2 Å². The summed E-state index contributed by atoms with van der Waals surface area (Å²) < 4.78 is 31.9. The number of hydrogen-bond acceptors (Lipinski definition) is 6. The van der Waals surface area contributed by atoms with Gasteiger partial charge in [-0.2, -0.15) is 0 Å². The molecule has 3 rings (SSSR count). The lowest BCUT2D eigenvalue weighted by Crippen LogP contribution is -2.43. The van der Waals surface area contributed by atoms with Crippen LogP contribution in [0.1, 0.15) is 32.4 Å². The van der Waals surface area contributed by atoms with Crippen molar-refractivity contribution in [3.05, 3.63) is 74.8 Å². The molecule has 0 N–H and O–H groups in total. The Hall–Kier alpha value is -2.04. The van der Waals surface area contributed by atoms with Crippen LogP contribution < -0.4 is 5.56 Å². The van der Waals surface area contributed by atoms with E-state index in [1.807, 2.05) is 0 Å². The fourth-order valence-corrected chi connectivity index (χ4v) is 5.52. The predicted molar refractivity (Wildman–Crippen MR) is 142 cm³/mol. The van der Waals surface area contributed by atoms with E-state index in [9.17, 15) is 13.2 Å². The third kappa shape index (κ3) is 6.80. The van der Waals surface area contributed by atoms with Crippen LogP contribution in [-0.2, 0) is 20.8 Å². The second-order valence-electron chi connectivity index (χ2n) is 9.97. The number of aromatic nitrogens is 3. The SMILES string of the molecule is CC(C)(C)[Si](C)(C)O[C@@H](Cn1ccc(-c2ccnc(S(C)(=O)=O)n2)cc1=O)c1cc(Cl)cc(Cl)c1. The van der Waals surface area contributed by atoms with E-state index in [2.05, 4.69) is 43.8 Å². The minimum atomic E-state index is -3.57. The minimum Gasteiger partial charge on any atom is -0.408 e. The number of pyridine rings is 1. The Morgan fingerprint density at radius 1 is 1.09 bits per heavy atom. The van der Waals surface area contributed by atoms with Gasteiger partial charge in [0.05, 0.1) is 18.3 Å². The van der Waals surface area contributed by atoms with E-state index in [1.54, 1.807) is 41.1 Å². The summed E-state index contributed by atoms with van der Waals surface area (Å²) >= 11 is 12.5. The minimum absolute atomic E-state index is 0.0488. The van der Waals surface area contributed by atoms with Gasteiger partial charge in [-0.1, -0.05) is 44.0 Å². The third-order valence-electron chi connectivity index (χ3n) is 6.12. The maximum absolute atomic E-state index is 13.1. The molecule has 11 heteroatoms. The van der Waals surface area contributed by atoms with Crippen LogP contribution in [0, 0.1) is 0 Å². The molecule has 0 unspecified atom stereocenters. The van der Waals surface area contributed by atoms with Crippen LogP contribution in [-0.4, -0.2) is 37.5 Å². The van der Waals surface area contributed by atoms with Gasteiger partial charge in [-0.05, 0) is 54.0 Å². The summed E-state index contributed by atoms with van der Waals surface area (Å²) in [5.74, 6) is 0. The Morgan fingerprint density at radius 2 is 1.71 bits per heavy atom. The summed E-state index contributed by atoms with van der Waals surface area (Å²) in [5.41, 5.74) is 1.35. The molecular formula is C24H29Cl2N3O4SSi. The van der Waals surface area contributed by atoms with Crippen molar-refractivity contribution in [2.45, 2.75) is 56.7 Å². The van der Waals surface area contributed by atoms with Crippen molar-refractivity contribution >= 4 is 41.4 Å². The van der Waals surface area contributed by atoms with E-state index in [1.165, 1.54) is 12.3 Å². The van der Waals surface area contributed by atoms with Gasteiger partial charge in [0.2, 0.25) is 15.0 Å². The Labute approximate surface area is 217 Å². The van der Waals surface area contributed by atoms with Gasteiger partial charge in [0.25, 0.3) is 5.56 Å². The molecule has 0 amide bonds. The lowest BCUT2D eigenvalue weighted by molar-refractivity contribution is 0.162. The Kier molecular flexibility index (Phi) is 7.98. The van der Waals surface area contributed by atoms with Crippen molar-refractivity contribution in [1.29, 1.82) is 0 Å². The molecule has 0 spiro atoms. The van der Waals surface area contributed by atoms with Gasteiger partial charge in [0, 0.05) is 40.3 Å². The van der Waals surface area contributed by atoms with E-state index in [-0.39, 0.29) is 22.3 Å². The van der Waals surface area contributed by atoms with Crippen LogP contribution in [0.3, 0.4) is 0 Å². The summed E-state index contributed by atoms with van der Waals surface area (Å²) in [7, 11) is -5.79. The van der Waals surface area contributed by atoms with Gasteiger partial charge in [0.15, 0.2) is 8.32 Å². The monoisotopic (exact) mass is 553 g/mol. The Morgan fingerprint density at radius 3 is 2.26 bits per heavy atom. The lowest BCUT2D eigenvalue weighted by atomic mass is 10.1. The van der Waals surface area contributed by atoms with E-state index in [0.29, 0.717) is 21.3 Å². The highest BCUT2D eigenvalue weighted by molar-refractivity contribution is 7.90. The van der Waals surface area contributed by atoms with Crippen molar-refractivity contribution in [2.75, 3.05) is 6.26 Å². The predicted octanol–water partition coefficient (Wildman–Crippen LogP) is 5.78. The largest absolute Gasteiger partial charge is 0.408 e. The molecule has 0 aliphatic rings. The van der Waals surface area contributed by atoms with Crippen LogP contribution in [0.15, 0.2) is 58.7 Å². The van der Waals surface area contributed by atoms with Crippen molar-refractivity contribution in [3.8, 4) is 11.3 Å². The summed E-state index contributed by atoms with van der Waals surface area (Å²) in [5, 5.41) is 0.640. The molecule has 7 nitrogen and oxygen atoms in total. The molecule has 188 valence electrons. The van der Waals surface area contributed by atoms with Gasteiger partial charge in [0.1, 0.15) is 0 Å². The molecule has 35 heavy (non-hydrogen) atoms. The summed E-state index contributed by atoms with van der Waals surface area (Å²) in [6.45, 7) is 11.0. The van der Waals surface area contributed by atoms with Crippen molar-refractivity contribution in [2.24, 2.45) is 0 Å². The van der Waals surface area contributed by atoms with Gasteiger partial charge < -0.3 is 8.99 Å². The van der Waals surface area contributed by atoms with E-state index in [0.717, 1.165) is 11.8 Å². The molecular weight excluding hydrogens is 525 g/mol.